The van der Waals surface area contributed by atoms with Crippen LogP contribution >= 0.6 is 0 Å². The molecule has 1 aromatic carbocycles. The van der Waals surface area contributed by atoms with E-state index < -0.39 is 0 Å². The van der Waals surface area contributed by atoms with Crippen LogP contribution < -0.4 is 9.64 Å². The van der Waals surface area contributed by atoms with Gasteiger partial charge in [0.05, 0.1) is 12.2 Å². The predicted molar refractivity (Wildman–Crippen MR) is 63.9 cm³/mol. The standard InChI is InChI=1S/C13H17NO2/c1-9-5-6-12-11(7-9)14(10(2)15)8-13(3,4)16-12/h5-7H,8H2,1-4H3. The molecule has 0 radical (unpaired) electrons. The number of nitrogens with zero attached hydrogens (tertiary/aromatic N) is 1. The van der Waals surface area contributed by atoms with Gasteiger partial charge in [-0.1, -0.05) is 6.07 Å². The first-order valence-electron chi connectivity index (χ1n) is 5.47. The fourth-order valence-electron chi connectivity index (χ4n) is 2.00. The fourth-order valence-corrected chi connectivity index (χ4v) is 2.00. The van der Waals surface area contributed by atoms with Crippen molar-refractivity contribution in [2.75, 3.05) is 11.4 Å². The summed E-state index contributed by atoms with van der Waals surface area (Å²) in [5.74, 6) is 0.847. The maximum Gasteiger partial charge on any atom is 0.224 e. The second-order valence-electron chi connectivity index (χ2n) is 4.94. The number of hydrogen-bond acceptors (Lipinski definition) is 2. The topological polar surface area (TPSA) is 29.5 Å². The van der Waals surface area contributed by atoms with Gasteiger partial charge in [-0.2, -0.15) is 0 Å². The van der Waals surface area contributed by atoms with Gasteiger partial charge in [-0.3, -0.25) is 4.79 Å². The minimum Gasteiger partial charge on any atom is -0.484 e. The molecule has 1 aliphatic heterocycles. The van der Waals surface area contributed by atoms with Gasteiger partial charge in [0.15, 0.2) is 0 Å². The molecule has 0 saturated carbocycles. The van der Waals surface area contributed by atoms with E-state index in [9.17, 15) is 4.79 Å². The molecule has 0 saturated heterocycles. The van der Waals surface area contributed by atoms with Crippen LogP contribution in [0.2, 0.25) is 0 Å². The summed E-state index contributed by atoms with van der Waals surface area (Å²) in [5.41, 5.74) is 1.69. The summed E-state index contributed by atoms with van der Waals surface area (Å²) in [6.45, 7) is 8.18. The van der Waals surface area contributed by atoms with Gasteiger partial charge in [0.2, 0.25) is 5.91 Å². The SMILES string of the molecule is CC(=O)N1CC(C)(C)Oc2ccc(C)cc21. The molecule has 2 rings (SSSR count). The zero-order chi connectivity index (χ0) is 11.9. The van der Waals surface area contributed by atoms with Gasteiger partial charge in [-0.25, -0.2) is 0 Å². The summed E-state index contributed by atoms with van der Waals surface area (Å²) in [6.07, 6.45) is 0. The minimum absolute atomic E-state index is 0.0585. The number of anilines is 1. The van der Waals surface area contributed by atoms with E-state index in [4.69, 9.17) is 4.74 Å². The van der Waals surface area contributed by atoms with Crippen LogP contribution in [-0.4, -0.2) is 18.1 Å². The van der Waals surface area contributed by atoms with Gasteiger partial charge in [-0.15, -0.1) is 0 Å². The molecule has 1 aliphatic rings. The molecule has 16 heavy (non-hydrogen) atoms. The lowest BCUT2D eigenvalue weighted by Crippen LogP contribution is -2.48. The number of fused-ring (bicyclic) bond motifs is 1. The number of ether oxygens (including phenoxy) is 1. The molecule has 0 aliphatic carbocycles. The summed E-state index contributed by atoms with van der Waals surface area (Å²) in [5, 5.41) is 0. The number of carbonyl (C=O) groups excluding carboxylic acids is 1. The Morgan fingerprint density at radius 2 is 2.12 bits per heavy atom. The number of amides is 1. The van der Waals surface area contributed by atoms with E-state index in [-0.39, 0.29) is 11.5 Å². The van der Waals surface area contributed by atoms with Crippen molar-refractivity contribution >= 4 is 11.6 Å². The van der Waals surface area contributed by atoms with Crippen molar-refractivity contribution in [3.8, 4) is 5.75 Å². The van der Waals surface area contributed by atoms with E-state index in [0.717, 1.165) is 17.0 Å². The summed E-state index contributed by atoms with van der Waals surface area (Å²) < 4.78 is 5.86. The molecule has 0 fully saturated rings. The highest BCUT2D eigenvalue weighted by Crippen LogP contribution is 2.37. The van der Waals surface area contributed by atoms with Crippen LogP contribution in [-0.2, 0) is 4.79 Å². The lowest BCUT2D eigenvalue weighted by Gasteiger charge is -2.39. The Bertz CT molecular complexity index is 438. The van der Waals surface area contributed by atoms with Gasteiger partial charge in [0, 0.05) is 6.92 Å². The van der Waals surface area contributed by atoms with E-state index in [1.807, 2.05) is 39.0 Å². The Labute approximate surface area is 96.0 Å². The van der Waals surface area contributed by atoms with Crippen molar-refractivity contribution in [1.29, 1.82) is 0 Å². The smallest absolute Gasteiger partial charge is 0.224 e. The average Bonchev–Trinajstić information content (AvgIpc) is 2.16. The Morgan fingerprint density at radius 1 is 1.44 bits per heavy atom. The van der Waals surface area contributed by atoms with Crippen LogP contribution in [0.4, 0.5) is 5.69 Å². The summed E-state index contributed by atoms with van der Waals surface area (Å²) in [6, 6.07) is 5.92. The molecular weight excluding hydrogens is 202 g/mol. The first-order chi connectivity index (χ1) is 7.39. The predicted octanol–water partition coefficient (Wildman–Crippen LogP) is 2.52. The van der Waals surface area contributed by atoms with Crippen molar-refractivity contribution in [2.45, 2.75) is 33.3 Å². The Balaban J connectivity index is 2.51. The molecule has 0 N–H and O–H groups in total. The number of benzene rings is 1. The van der Waals surface area contributed by atoms with E-state index in [1.165, 1.54) is 0 Å². The number of carbonyl (C=O) groups is 1. The van der Waals surface area contributed by atoms with Gasteiger partial charge < -0.3 is 9.64 Å². The molecule has 0 atom stereocenters. The maximum absolute atomic E-state index is 11.6. The quantitative estimate of drug-likeness (QED) is 0.671. The molecule has 1 aromatic rings. The van der Waals surface area contributed by atoms with E-state index in [2.05, 4.69) is 0 Å². The zero-order valence-corrected chi connectivity index (χ0v) is 10.2. The lowest BCUT2D eigenvalue weighted by molar-refractivity contribution is -0.117. The average molecular weight is 219 g/mol. The summed E-state index contributed by atoms with van der Waals surface area (Å²) >= 11 is 0. The molecule has 3 nitrogen and oxygen atoms in total. The number of aryl methyl sites for hydroxylation is 1. The molecule has 1 heterocycles. The van der Waals surface area contributed by atoms with Crippen LogP contribution in [0.15, 0.2) is 18.2 Å². The van der Waals surface area contributed by atoms with Crippen molar-refractivity contribution in [2.24, 2.45) is 0 Å². The molecule has 1 amide bonds. The molecule has 0 aromatic heterocycles. The van der Waals surface area contributed by atoms with Crippen molar-refractivity contribution in [1.82, 2.24) is 0 Å². The first-order valence-corrected chi connectivity index (χ1v) is 5.47. The number of hydrogen-bond donors (Lipinski definition) is 0. The zero-order valence-electron chi connectivity index (χ0n) is 10.2. The van der Waals surface area contributed by atoms with Gasteiger partial charge in [0.1, 0.15) is 11.4 Å². The van der Waals surface area contributed by atoms with Crippen molar-refractivity contribution < 1.29 is 9.53 Å². The van der Waals surface area contributed by atoms with E-state index in [1.54, 1.807) is 11.8 Å². The normalized spacial score (nSPS) is 17.6. The molecule has 86 valence electrons. The van der Waals surface area contributed by atoms with Gasteiger partial charge >= 0.3 is 0 Å². The Kier molecular flexibility index (Phi) is 2.41. The van der Waals surface area contributed by atoms with Crippen LogP contribution in [0, 0.1) is 6.92 Å². The summed E-state index contributed by atoms with van der Waals surface area (Å²) in [7, 11) is 0. The molecule has 0 spiro atoms. The van der Waals surface area contributed by atoms with Gasteiger partial charge in [0.25, 0.3) is 0 Å². The van der Waals surface area contributed by atoms with Crippen LogP contribution in [0.25, 0.3) is 0 Å². The van der Waals surface area contributed by atoms with Crippen LogP contribution in [0.5, 0.6) is 5.75 Å². The summed E-state index contributed by atoms with van der Waals surface area (Å²) in [4.78, 5) is 13.4. The third kappa shape index (κ3) is 1.90. The third-order valence-corrected chi connectivity index (χ3v) is 2.71. The highest BCUT2D eigenvalue weighted by atomic mass is 16.5. The van der Waals surface area contributed by atoms with Crippen molar-refractivity contribution in [3.63, 3.8) is 0 Å². The first kappa shape index (κ1) is 11.0. The van der Waals surface area contributed by atoms with E-state index in [0.29, 0.717) is 6.54 Å². The Morgan fingerprint density at radius 3 is 2.75 bits per heavy atom. The number of rotatable bonds is 0. The second kappa shape index (κ2) is 3.51. The fraction of sp³-hybridized carbons (Fsp3) is 0.462. The largest absolute Gasteiger partial charge is 0.484 e. The van der Waals surface area contributed by atoms with Crippen LogP contribution in [0.3, 0.4) is 0 Å². The molecule has 3 heteroatoms. The third-order valence-electron chi connectivity index (χ3n) is 2.71. The molecule has 0 bridgehead atoms. The second-order valence-corrected chi connectivity index (χ2v) is 4.94. The highest BCUT2D eigenvalue weighted by molar-refractivity contribution is 5.94. The maximum atomic E-state index is 11.6. The highest BCUT2D eigenvalue weighted by Gasteiger charge is 2.33. The van der Waals surface area contributed by atoms with Crippen molar-refractivity contribution in [3.05, 3.63) is 23.8 Å². The Hall–Kier alpha value is -1.51. The lowest BCUT2D eigenvalue weighted by atomic mass is 10.0. The van der Waals surface area contributed by atoms with E-state index >= 15 is 0 Å². The molecule has 0 unspecified atom stereocenters. The van der Waals surface area contributed by atoms with Crippen LogP contribution in [0.1, 0.15) is 26.3 Å². The minimum atomic E-state index is -0.325. The van der Waals surface area contributed by atoms with Gasteiger partial charge in [-0.05, 0) is 38.5 Å². The molecular formula is C13H17NO2. The monoisotopic (exact) mass is 219 g/mol.